The number of thioether (sulfide) groups is 2. The maximum Gasteiger partial charge on any atom is 0.116 e. The Kier molecular flexibility index (Phi) is 16.1. The van der Waals surface area contributed by atoms with Crippen LogP contribution in [0.15, 0.2) is 25.7 Å². The number of hydrogen-bond donors (Lipinski definition) is 0. The number of aromatic nitrogens is 1. The molecule has 0 aliphatic carbocycles. The third-order valence-electron chi connectivity index (χ3n) is 4.71. The molecule has 0 aromatic carbocycles. The Morgan fingerprint density at radius 2 is 1.25 bits per heavy atom. The summed E-state index contributed by atoms with van der Waals surface area (Å²) in [5.41, 5.74) is 1.48. The van der Waals surface area contributed by atoms with Gasteiger partial charge in [-0.1, -0.05) is 20.3 Å². The molecule has 3 rings (SSSR count). The summed E-state index contributed by atoms with van der Waals surface area (Å²) in [5, 5.41) is 0. The molecule has 2 aromatic heterocycles. The lowest BCUT2D eigenvalue weighted by atomic mass is 10.4. The summed E-state index contributed by atoms with van der Waals surface area (Å²) in [4.78, 5) is 1.44. The molecule has 1 unspecified atom stereocenters. The van der Waals surface area contributed by atoms with Gasteiger partial charge in [-0.05, 0) is 5.56 Å². The minimum atomic E-state index is 0.215. The van der Waals surface area contributed by atoms with Gasteiger partial charge < -0.3 is 33.0 Å². The predicted octanol–water partition coefficient (Wildman–Crippen LogP) is 5.71. The fraction of sp³-hybridized carbons (Fsp3) is 0.696. The number of methoxy groups -OCH3 is 2. The lowest BCUT2D eigenvalue weighted by Gasteiger charge is -2.06. The molecule has 13 heteroatoms. The van der Waals surface area contributed by atoms with Gasteiger partial charge >= 0.3 is 0 Å². The van der Waals surface area contributed by atoms with Crippen molar-refractivity contribution in [3.63, 3.8) is 0 Å². The summed E-state index contributed by atoms with van der Waals surface area (Å²) in [6.07, 6.45) is 4.52. The highest BCUT2D eigenvalue weighted by molar-refractivity contribution is 8.82. The third kappa shape index (κ3) is 11.3. The molecule has 0 radical (unpaired) electrons. The van der Waals surface area contributed by atoms with Gasteiger partial charge in [-0.3, -0.25) is 0 Å². The molecule has 2 aromatic rings. The number of nitrogens with zero attached hydrogens (tertiary/aromatic N) is 1. The molecular weight excluding hydrogens is 579 g/mol. The topological polar surface area (TPSA) is 60.3 Å². The van der Waals surface area contributed by atoms with Crippen LogP contribution in [0.2, 0.25) is 0 Å². The molecule has 7 nitrogen and oxygen atoms in total. The highest BCUT2D eigenvalue weighted by atomic mass is 33.1. The van der Waals surface area contributed by atoms with E-state index in [9.17, 15) is 0 Å². The minimum absolute atomic E-state index is 0.215. The largest absolute Gasteiger partial charge is 0.382 e. The van der Waals surface area contributed by atoms with E-state index >= 15 is 0 Å². The molecule has 0 saturated heterocycles. The van der Waals surface area contributed by atoms with E-state index in [1.54, 1.807) is 14.2 Å². The first-order chi connectivity index (χ1) is 17.7. The quantitative estimate of drug-likeness (QED) is 0.0807. The van der Waals surface area contributed by atoms with Crippen molar-refractivity contribution < 1.29 is 28.4 Å². The van der Waals surface area contributed by atoms with Gasteiger partial charge in [-0.2, -0.15) is 0 Å². The number of rotatable bonds is 20. The SMILES string of the molecule is COCCOCCOCCSc1sc(=S2Cc3cn(C)cc3S2)sc1SCCOCCOCCOC. The zero-order chi connectivity index (χ0) is 25.4. The lowest BCUT2D eigenvalue weighted by molar-refractivity contribution is 0.0286. The van der Waals surface area contributed by atoms with Crippen molar-refractivity contribution in [1.29, 1.82) is 0 Å². The predicted molar refractivity (Wildman–Crippen MR) is 156 cm³/mol. The summed E-state index contributed by atoms with van der Waals surface area (Å²) in [7, 11) is 7.71. The Balaban J connectivity index is 1.47. The van der Waals surface area contributed by atoms with Crippen LogP contribution >= 0.6 is 66.5 Å². The molecule has 3 heterocycles. The number of ether oxygens (including phenoxy) is 6. The zero-order valence-corrected chi connectivity index (χ0v) is 26.1. The highest BCUT2D eigenvalue weighted by Crippen LogP contribution is 2.55. The molecule has 0 N–H and O–H groups in total. The molecule has 36 heavy (non-hydrogen) atoms. The molecule has 0 bridgehead atoms. The van der Waals surface area contributed by atoms with E-state index in [0.29, 0.717) is 52.9 Å². The monoisotopic (exact) mass is 615 g/mol. The third-order valence-corrected chi connectivity index (χ3v) is 15.7. The van der Waals surface area contributed by atoms with E-state index in [2.05, 4.69) is 24.0 Å². The fourth-order valence-electron chi connectivity index (χ4n) is 3.01. The highest BCUT2D eigenvalue weighted by Gasteiger charge is 2.20. The smallest absolute Gasteiger partial charge is 0.116 e. The molecule has 0 spiro atoms. The average molecular weight is 616 g/mol. The summed E-state index contributed by atoms with van der Waals surface area (Å²) in [6.45, 7) is 6.37. The first-order valence-electron chi connectivity index (χ1n) is 11.8. The Labute approximate surface area is 237 Å². The summed E-state index contributed by atoms with van der Waals surface area (Å²) in [5.74, 6) is 3.02. The van der Waals surface area contributed by atoms with Crippen LogP contribution in [0.5, 0.6) is 0 Å². The molecule has 0 fully saturated rings. The Hall–Kier alpha value is 0.490. The Morgan fingerprint density at radius 1 is 0.750 bits per heavy atom. The lowest BCUT2D eigenvalue weighted by Crippen LogP contribution is -2.09. The van der Waals surface area contributed by atoms with Gasteiger partial charge in [-0.25, -0.2) is 0 Å². The van der Waals surface area contributed by atoms with Crippen LogP contribution in [0.1, 0.15) is 5.56 Å². The van der Waals surface area contributed by atoms with Gasteiger partial charge in [0.2, 0.25) is 0 Å². The van der Waals surface area contributed by atoms with Crippen LogP contribution in [0, 0.1) is 3.14 Å². The molecule has 0 amide bonds. The number of aryl methyl sites for hydroxylation is 1. The zero-order valence-electron chi connectivity index (χ0n) is 21.2. The first-order valence-corrected chi connectivity index (χ1v) is 18.1. The van der Waals surface area contributed by atoms with E-state index < -0.39 is 0 Å². The van der Waals surface area contributed by atoms with Crippen molar-refractivity contribution in [1.82, 2.24) is 4.57 Å². The van der Waals surface area contributed by atoms with Gasteiger partial charge in [0.05, 0.1) is 74.5 Å². The van der Waals surface area contributed by atoms with Gasteiger partial charge in [0.1, 0.15) is 3.14 Å². The van der Waals surface area contributed by atoms with E-state index in [1.165, 1.54) is 22.0 Å². The van der Waals surface area contributed by atoms with Gasteiger partial charge in [0.25, 0.3) is 0 Å². The van der Waals surface area contributed by atoms with Gasteiger partial charge in [0, 0.05) is 55.8 Å². The molecule has 1 aliphatic heterocycles. The standard InChI is InChI=1S/C23H37NO6S6/c1-24-16-19-18-36(35-20(19)17-24)23-33-21(31-14-12-29-10-8-27-6-4-25-2)22(34-23)32-15-13-30-11-9-28-7-5-26-3/h16-17H,4-15,18H2,1-3H3. The minimum Gasteiger partial charge on any atom is -0.382 e. The van der Waals surface area contributed by atoms with Crippen LogP contribution in [-0.2, 0) is 41.2 Å². The molecular formula is C23H37NO6S6. The van der Waals surface area contributed by atoms with E-state index in [-0.39, 0.29) is 9.52 Å². The maximum absolute atomic E-state index is 5.76. The average Bonchev–Trinajstić information content (AvgIpc) is 3.55. The van der Waals surface area contributed by atoms with E-state index in [1.807, 2.05) is 57.0 Å². The van der Waals surface area contributed by atoms with Crippen LogP contribution in [-0.4, -0.2) is 96.4 Å². The molecule has 1 aliphatic rings. The van der Waals surface area contributed by atoms with Crippen LogP contribution in [0.3, 0.4) is 0 Å². The van der Waals surface area contributed by atoms with E-state index in [0.717, 1.165) is 30.5 Å². The van der Waals surface area contributed by atoms with Crippen molar-refractivity contribution in [2.45, 2.75) is 19.1 Å². The molecule has 206 valence electrons. The maximum atomic E-state index is 5.76. The van der Waals surface area contributed by atoms with Gasteiger partial charge in [-0.15, -0.1) is 46.2 Å². The first kappa shape index (κ1) is 31.0. The van der Waals surface area contributed by atoms with Crippen molar-refractivity contribution in [3.8, 4) is 0 Å². The second-order valence-electron chi connectivity index (χ2n) is 7.55. The molecule has 1 atom stereocenters. The summed E-state index contributed by atoms with van der Waals surface area (Å²) < 4.78 is 38.9. The van der Waals surface area contributed by atoms with Crippen LogP contribution in [0.25, 0.3) is 0 Å². The van der Waals surface area contributed by atoms with Crippen molar-refractivity contribution in [2.24, 2.45) is 7.05 Å². The Morgan fingerprint density at radius 3 is 1.75 bits per heavy atom. The van der Waals surface area contributed by atoms with Crippen molar-refractivity contribution in [3.05, 3.63) is 21.1 Å². The van der Waals surface area contributed by atoms with Crippen molar-refractivity contribution in [2.75, 3.05) is 91.8 Å². The second kappa shape index (κ2) is 18.7. The molecule has 0 saturated carbocycles. The fourth-order valence-corrected chi connectivity index (χ4v) is 14.7. The van der Waals surface area contributed by atoms with E-state index in [4.69, 9.17) is 28.4 Å². The van der Waals surface area contributed by atoms with Crippen LogP contribution in [0.4, 0.5) is 0 Å². The Bertz CT molecular complexity index is 878. The normalized spacial score (nSPS) is 15.1. The number of hydrogen-bond acceptors (Lipinski definition) is 11. The number of fused-ring (bicyclic) bond motifs is 1. The summed E-state index contributed by atoms with van der Waals surface area (Å²) in [6, 6.07) is 0. The van der Waals surface area contributed by atoms with Crippen LogP contribution < -0.4 is 0 Å². The van der Waals surface area contributed by atoms with Gasteiger partial charge in [0.15, 0.2) is 0 Å². The van der Waals surface area contributed by atoms with Crippen molar-refractivity contribution >= 4 is 66.5 Å². The summed E-state index contributed by atoms with van der Waals surface area (Å²) >= 11 is 7.76. The second-order valence-corrected chi connectivity index (χ2v) is 16.8.